The molecule has 0 amide bonds. The van der Waals surface area contributed by atoms with Gasteiger partial charge >= 0.3 is 0 Å². The first-order chi connectivity index (χ1) is 19.0. The average molecular weight is 553 g/mol. The maximum Gasteiger partial charge on any atom is 0.129 e. The van der Waals surface area contributed by atoms with Gasteiger partial charge in [0.15, 0.2) is 0 Å². The van der Waals surface area contributed by atoms with Crippen molar-refractivity contribution < 1.29 is 5.11 Å². The second kappa shape index (κ2) is 15.7. The fourth-order valence-corrected chi connectivity index (χ4v) is 5.63. The van der Waals surface area contributed by atoms with Crippen LogP contribution in [0.5, 0.6) is 5.75 Å². The number of hydrogen-bond acceptors (Lipinski definition) is 5. The lowest BCUT2D eigenvalue weighted by Gasteiger charge is -2.31. The first kappa shape index (κ1) is 30.0. The van der Waals surface area contributed by atoms with Crippen molar-refractivity contribution in [2.45, 2.75) is 37.0 Å². The molecule has 1 aliphatic heterocycles. The molecule has 0 aromatic heterocycles. The summed E-state index contributed by atoms with van der Waals surface area (Å²) in [6.07, 6.45) is 22.3. The van der Waals surface area contributed by atoms with Gasteiger partial charge in [0.25, 0.3) is 0 Å². The predicted octanol–water partition coefficient (Wildman–Crippen LogP) is 8.45. The molecule has 0 fully saturated rings. The number of thiol groups is 1. The third-order valence-corrected chi connectivity index (χ3v) is 7.53. The molecule has 1 N–H and O–H groups in total. The Bertz CT molecular complexity index is 1340. The molecular weight excluding hydrogens is 517 g/mol. The molecule has 0 saturated heterocycles. The van der Waals surface area contributed by atoms with Crippen LogP contribution in [0, 0.1) is 12.3 Å². The van der Waals surface area contributed by atoms with Gasteiger partial charge in [0.2, 0.25) is 0 Å². The standard InChI is InChI=1S/C34H36N2OS2/c1-5-14-27(15-6-2)18-21-32-35-25-39-34-31(37)20-19-29(24-28-16-10-8-11-17-28)33(34)30(7-3)26(4)36(32)22-12-9-13-23-38/h3,5-6,8-17,19-20,23,30,37-38H,1,4,18,21-22,24-25H2,2H3/b12-9+,15-6-,23-13-,27-14+,35-32-. The molecule has 0 bridgehead atoms. The molecule has 0 spiro atoms. The fraction of sp³-hybridized carbons (Fsp3) is 0.206. The Hall–Kier alpha value is -3.59. The number of phenols is 1. The Morgan fingerprint density at radius 1 is 1.26 bits per heavy atom. The van der Waals surface area contributed by atoms with Crippen molar-refractivity contribution in [1.29, 1.82) is 0 Å². The molecule has 5 heteroatoms. The van der Waals surface area contributed by atoms with Crippen LogP contribution in [-0.4, -0.2) is 28.3 Å². The molecule has 0 radical (unpaired) electrons. The number of benzene rings is 2. The highest BCUT2D eigenvalue weighted by Gasteiger charge is 2.29. The highest BCUT2D eigenvalue weighted by atomic mass is 32.2. The highest BCUT2D eigenvalue weighted by molar-refractivity contribution is 7.99. The summed E-state index contributed by atoms with van der Waals surface area (Å²) >= 11 is 5.68. The number of terminal acetylenes is 1. The van der Waals surface area contributed by atoms with Gasteiger partial charge in [0, 0.05) is 18.7 Å². The van der Waals surface area contributed by atoms with Gasteiger partial charge < -0.3 is 10.0 Å². The summed E-state index contributed by atoms with van der Waals surface area (Å²) < 4.78 is 0. The van der Waals surface area contributed by atoms with Gasteiger partial charge in [-0.15, -0.1) is 6.42 Å². The van der Waals surface area contributed by atoms with E-state index in [1.54, 1.807) is 17.6 Å². The maximum absolute atomic E-state index is 11.0. The van der Waals surface area contributed by atoms with Crippen molar-refractivity contribution in [2.24, 2.45) is 4.99 Å². The number of nitrogens with zero attached hydrogens (tertiary/aromatic N) is 2. The second-order valence-electron chi connectivity index (χ2n) is 8.95. The van der Waals surface area contributed by atoms with Gasteiger partial charge in [0.1, 0.15) is 11.6 Å². The van der Waals surface area contributed by atoms with E-state index in [9.17, 15) is 5.11 Å². The van der Waals surface area contributed by atoms with E-state index in [1.807, 2.05) is 61.6 Å². The zero-order valence-corrected chi connectivity index (χ0v) is 24.2. The van der Waals surface area contributed by atoms with E-state index in [-0.39, 0.29) is 5.75 Å². The van der Waals surface area contributed by atoms with E-state index in [4.69, 9.17) is 11.4 Å². The van der Waals surface area contributed by atoms with Crippen LogP contribution in [0.3, 0.4) is 0 Å². The number of thioether (sulfide) groups is 1. The van der Waals surface area contributed by atoms with Crippen LogP contribution < -0.4 is 0 Å². The molecule has 200 valence electrons. The van der Waals surface area contributed by atoms with Crippen molar-refractivity contribution in [3.63, 3.8) is 0 Å². The SMILES string of the molecule is C#CC1C(=C)N(C/C=C/C=C\S)/C(CCC(/C=C\C)=C/C=C)=N\CSc2c(O)ccc(Cc3ccccc3)c21. The van der Waals surface area contributed by atoms with Crippen molar-refractivity contribution in [1.82, 2.24) is 4.90 Å². The maximum atomic E-state index is 11.0. The summed E-state index contributed by atoms with van der Waals surface area (Å²) in [7, 11) is 0. The first-order valence-electron chi connectivity index (χ1n) is 12.9. The molecule has 1 unspecified atom stereocenters. The van der Waals surface area contributed by atoms with Crippen LogP contribution in [0.4, 0.5) is 0 Å². The zero-order chi connectivity index (χ0) is 28.0. The van der Waals surface area contributed by atoms with Gasteiger partial charge in [-0.1, -0.05) is 110 Å². The molecule has 2 aromatic rings. The minimum Gasteiger partial charge on any atom is -0.507 e. The van der Waals surface area contributed by atoms with Gasteiger partial charge in [-0.25, -0.2) is 0 Å². The quantitative estimate of drug-likeness (QED) is 0.176. The van der Waals surface area contributed by atoms with Crippen molar-refractivity contribution in [2.75, 3.05) is 12.4 Å². The lowest BCUT2D eigenvalue weighted by molar-refractivity contribution is 0.459. The van der Waals surface area contributed by atoms with E-state index in [0.717, 1.165) is 34.0 Å². The van der Waals surface area contributed by atoms with E-state index >= 15 is 0 Å². The Morgan fingerprint density at radius 3 is 2.74 bits per heavy atom. The van der Waals surface area contributed by atoms with Crippen LogP contribution in [0.15, 0.2) is 125 Å². The van der Waals surface area contributed by atoms with Crippen LogP contribution >= 0.6 is 24.4 Å². The van der Waals surface area contributed by atoms with E-state index in [1.165, 1.54) is 22.9 Å². The number of phenolic OH excluding ortho intramolecular Hbond substituents is 1. The third-order valence-electron chi connectivity index (χ3n) is 6.38. The molecule has 3 nitrogen and oxygen atoms in total. The number of aromatic hydroxyl groups is 1. The highest BCUT2D eigenvalue weighted by Crippen LogP contribution is 2.43. The normalized spacial score (nSPS) is 17.9. The lowest BCUT2D eigenvalue weighted by Crippen LogP contribution is -2.33. The molecule has 1 heterocycles. The van der Waals surface area contributed by atoms with Crippen LogP contribution in [0.2, 0.25) is 0 Å². The summed E-state index contributed by atoms with van der Waals surface area (Å²) in [5.41, 5.74) is 5.11. The molecule has 0 aliphatic carbocycles. The molecular formula is C34H36N2OS2. The van der Waals surface area contributed by atoms with Crippen LogP contribution in [0.25, 0.3) is 0 Å². The van der Waals surface area contributed by atoms with E-state index in [2.05, 4.69) is 54.8 Å². The summed E-state index contributed by atoms with van der Waals surface area (Å²) in [4.78, 5) is 7.91. The fourth-order valence-electron chi connectivity index (χ4n) is 4.57. The number of hydrogen-bond donors (Lipinski definition) is 2. The molecule has 1 aliphatic rings. The molecule has 39 heavy (non-hydrogen) atoms. The van der Waals surface area contributed by atoms with Crippen molar-refractivity contribution in [3.05, 3.63) is 132 Å². The largest absolute Gasteiger partial charge is 0.507 e. The smallest absolute Gasteiger partial charge is 0.129 e. The number of rotatable bonds is 10. The van der Waals surface area contributed by atoms with E-state index in [0.29, 0.717) is 25.3 Å². The monoisotopic (exact) mass is 552 g/mol. The van der Waals surface area contributed by atoms with Gasteiger partial charge in [-0.2, -0.15) is 12.6 Å². The van der Waals surface area contributed by atoms with E-state index < -0.39 is 5.92 Å². The van der Waals surface area contributed by atoms with Gasteiger partial charge in [0.05, 0.1) is 16.7 Å². The average Bonchev–Trinajstić information content (AvgIpc) is 2.99. The minimum atomic E-state index is -0.436. The Labute approximate surface area is 243 Å². The lowest BCUT2D eigenvalue weighted by atomic mass is 9.88. The van der Waals surface area contributed by atoms with Gasteiger partial charge in [-0.3, -0.25) is 4.99 Å². The Kier molecular flexibility index (Phi) is 12.1. The summed E-state index contributed by atoms with van der Waals surface area (Å²) in [6, 6.07) is 14.0. The second-order valence-corrected chi connectivity index (χ2v) is 10.2. The van der Waals surface area contributed by atoms with Crippen molar-refractivity contribution in [3.8, 4) is 18.1 Å². The van der Waals surface area contributed by atoms with Gasteiger partial charge in [-0.05, 0) is 53.5 Å². The molecule has 0 saturated carbocycles. The summed E-state index contributed by atoms with van der Waals surface area (Å²) in [5.74, 6) is 4.15. The number of fused-ring (bicyclic) bond motifs is 1. The topological polar surface area (TPSA) is 35.8 Å². The first-order valence-corrected chi connectivity index (χ1v) is 14.4. The number of amidine groups is 1. The third kappa shape index (κ3) is 8.20. The zero-order valence-electron chi connectivity index (χ0n) is 22.5. The molecule has 2 aromatic carbocycles. The molecule has 1 atom stereocenters. The minimum absolute atomic E-state index is 0.216. The van der Waals surface area contributed by atoms with Crippen LogP contribution in [0.1, 0.15) is 42.4 Å². The number of aliphatic imine (C=N–C) groups is 1. The summed E-state index contributed by atoms with van der Waals surface area (Å²) in [6.45, 7) is 10.9. The Morgan fingerprint density at radius 2 is 2.05 bits per heavy atom. The Balaban J connectivity index is 2.08. The predicted molar refractivity (Wildman–Crippen MR) is 173 cm³/mol. The number of allylic oxidation sites excluding steroid dienone is 8. The molecule has 3 rings (SSSR count). The van der Waals surface area contributed by atoms with Crippen molar-refractivity contribution >= 4 is 30.2 Å². The van der Waals surface area contributed by atoms with Crippen LogP contribution in [-0.2, 0) is 6.42 Å². The summed E-state index contributed by atoms with van der Waals surface area (Å²) in [5, 5.41) is 12.6.